The number of ether oxygens (including phenoxy) is 1. The van der Waals surface area contributed by atoms with Gasteiger partial charge in [-0.15, -0.1) is 0 Å². The Labute approximate surface area is 160 Å². The highest BCUT2D eigenvalue weighted by Crippen LogP contribution is 2.49. The van der Waals surface area contributed by atoms with Crippen LogP contribution in [0.1, 0.15) is 39.2 Å². The number of rotatable bonds is 4. The molecule has 1 saturated carbocycles. The van der Waals surface area contributed by atoms with Crippen molar-refractivity contribution in [1.29, 1.82) is 0 Å². The minimum absolute atomic E-state index is 0.0248. The molecule has 1 aliphatic rings. The molecule has 1 fully saturated rings. The zero-order chi connectivity index (χ0) is 19.2. The van der Waals surface area contributed by atoms with Gasteiger partial charge in [0.05, 0.1) is 12.5 Å². The first-order valence-electron chi connectivity index (χ1n) is 9.41. The molecule has 0 unspecified atom stereocenters. The molecule has 0 aliphatic heterocycles. The lowest BCUT2D eigenvalue weighted by molar-refractivity contribution is -0.118. The Balaban J connectivity index is 1.59. The van der Waals surface area contributed by atoms with Crippen molar-refractivity contribution in [3.05, 3.63) is 60.3 Å². The summed E-state index contributed by atoms with van der Waals surface area (Å²) >= 11 is 0. The van der Waals surface area contributed by atoms with Crippen LogP contribution in [0.5, 0.6) is 5.75 Å². The van der Waals surface area contributed by atoms with E-state index in [-0.39, 0.29) is 11.4 Å². The Bertz CT molecular complexity index is 1010. The second-order valence-corrected chi connectivity index (χ2v) is 8.40. The van der Waals surface area contributed by atoms with Crippen LogP contribution in [0.2, 0.25) is 0 Å². The third-order valence-electron chi connectivity index (χ3n) is 5.48. The van der Waals surface area contributed by atoms with E-state index in [1.807, 2.05) is 30.3 Å². The van der Waals surface area contributed by atoms with E-state index >= 15 is 0 Å². The van der Waals surface area contributed by atoms with Gasteiger partial charge in [0.2, 0.25) is 5.91 Å². The molecule has 2 aromatic carbocycles. The molecule has 0 spiro atoms. The maximum Gasteiger partial charge on any atom is 0.235 e. The van der Waals surface area contributed by atoms with E-state index in [2.05, 4.69) is 55.1 Å². The molecule has 4 rings (SSSR count). The van der Waals surface area contributed by atoms with Gasteiger partial charge >= 0.3 is 0 Å². The summed E-state index contributed by atoms with van der Waals surface area (Å²) in [6.07, 6.45) is 3.85. The number of hydrogen-bond acceptors (Lipinski definition) is 2. The summed E-state index contributed by atoms with van der Waals surface area (Å²) in [6, 6.07) is 16.1. The molecule has 0 radical (unpaired) electrons. The minimum atomic E-state index is -0.430. The molecule has 0 saturated heterocycles. The first kappa shape index (κ1) is 17.7. The predicted molar refractivity (Wildman–Crippen MR) is 109 cm³/mol. The topological polar surface area (TPSA) is 43.3 Å². The molecule has 1 aliphatic carbocycles. The summed E-state index contributed by atoms with van der Waals surface area (Å²) < 4.78 is 7.58. The third kappa shape index (κ3) is 3.09. The molecule has 1 aromatic heterocycles. The number of fused-ring (bicyclic) bond motifs is 1. The van der Waals surface area contributed by atoms with Crippen molar-refractivity contribution in [3.8, 4) is 5.75 Å². The van der Waals surface area contributed by atoms with Gasteiger partial charge in [-0.3, -0.25) is 4.79 Å². The van der Waals surface area contributed by atoms with E-state index < -0.39 is 5.41 Å². The van der Waals surface area contributed by atoms with Gasteiger partial charge in [0.25, 0.3) is 0 Å². The smallest absolute Gasteiger partial charge is 0.235 e. The first-order chi connectivity index (χ1) is 12.8. The van der Waals surface area contributed by atoms with Gasteiger partial charge in [-0.25, -0.2) is 0 Å². The van der Waals surface area contributed by atoms with Crippen LogP contribution in [-0.4, -0.2) is 17.6 Å². The van der Waals surface area contributed by atoms with E-state index in [0.717, 1.165) is 35.2 Å². The second-order valence-electron chi connectivity index (χ2n) is 8.40. The summed E-state index contributed by atoms with van der Waals surface area (Å²) in [6.45, 7) is 6.56. The van der Waals surface area contributed by atoms with Crippen LogP contribution in [0.15, 0.2) is 54.7 Å². The lowest BCUT2D eigenvalue weighted by Gasteiger charge is -2.22. The molecule has 140 valence electrons. The number of carbonyl (C=O) groups excluding carboxylic acids is 1. The molecule has 1 N–H and O–H groups in total. The molecular weight excluding hydrogens is 336 g/mol. The van der Waals surface area contributed by atoms with Crippen molar-refractivity contribution in [2.75, 3.05) is 12.4 Å². The summed E-state index contributed by atoms with van der Waals surface area (Å²) in [5.74, 6) is 0.849. The third-order valence-corrected chi connectivity index (χ3v) is 5.48. The Hall–Kier alpha value is -2.75. The largest absolute Gasteiger partial charge is 0.497 e. The predicted octanol–water partition coefficient (Wildman–Crippen LogP) is 5.08. The average Bonchev–Trinajstić information content (AvgIpc) is 3.34. The van der Waals surface area contributed by atoms with E-state index in [9.17, 15) is 4.79 Å². The molecular formula is C23H26N2O2. The molecule has 1 heterocycles. The molecule has 4 nitrogen and oxygen atoms in total. The number of benzene rings is 2. The van der Waals surface area contributed by atoms with Crippen molar-refractivity contribution >= 4 is 22.5 Å². The van der Waals surface area contributed by atoms with Crippen molar-refractivity contribution in [2.24, 2.45) is 0 Å². The molecule has 1 amide bonds. The van der Waals surface area contributed by atoms with Gasteiger partial charge in [0, 0.05) is 28.3 Å². The Kier molecular flexibility index (Phi) is 4.02. The normalized spacial score (nSPS) is 15.6. The van der Waals surface area contributed by atoms with E-state index in [0.29, 0.717) is 0 Å². The number of nitrogens with zero attached hydrogens (tertiary/aromatic N) is 1. The number of methoxy groups -OCH3 is 1. The molecule has 3 aromatic rings. The highest BCUT2D eigenvalue weighted by molar-refractivity contribution is 6.02. The fourth-order valence-corrected chi connectivity index (χ4v) is 3.75. The van der Waals surface area contributed by atoms with Gasteiger partial charge < -0.3 is 14.6 Å². The van der Waals surface area contributed by atoms with Gasteiger partial charge in [-0.1, -0.05) is 12.1 Å². The second kappa shape index (κ2) is 6.15. The van der Waals surface area contributed by atoms with Crippen LogP contribution in [0.3, 0.4) is 0 Å². The van der Waals surface area contributed by atoms with Crippen LogP contribution in [-0.2, 0) is 15.7 Å². The first-order valence-corrected chi connectivity index (χ1v) is 9.41. The molecule has 0 bridgehead atoms. The van der Waals surface area contributed by atoms with Crippen molar-refractivity contribution in [3.63, 3.8) is 0 Å². The number of anilines is 1. The standard InChI is InChI=1S/C23H26N2O2/c1-22(2,3)25-13-10-16-14-18(8-9-20(16)25)24-21(26)23(11-12-23)17-6-5-7-19(15-17)27-4/h5-10,13-15H,11-12H2,1-4H3,(H,24,26). The van der Waals surface area contributed by atoms with Crippen LogP contribution in [0.25, 0.3) is 10.9 Å². The van der Waals surface area contributed by atoms with Crippen molar-refractivity contribution in [1.82, 2.24) is 4.57 Å². The lowest BCUT2D eigenvalue weighted by Crippen LogP contribution is -2.27. The van der Waals surface area contributed by atoms with Crippen LogP contribution >= 0.6 is 0 Å². The zero-order valence-corrected chi connectivity index (χ0v) is 16.4. The Morgan fingerprint density at radius 3 is 2.56 bits per heavy atom. The number of amides is 1. The van der Waals surface area contributed by atoms with Crippen LogP contribution in [0, 0.1) is 0 Å². The van der Waals surface area contributed by atoms with E-state index in [1.165, 1.54) is 5.52 Å². The van der Waals surface area contributed by atoms with Gasteiger partial charge in [0.1, 0.15) is 5.75 Å². The maximum atomic E-state index is 13.0. The SMILES string of the molecule is COc1cccc(C2(C(=O)Nc3ccc4c(ccn4C(C)(C)C)c3)CC2)c1. The number of aromatic nitrogens is 1. The monoisotopic (exact) mass is 362 g/mol. The Morgan fingerprint density at radius 2 is 1.89 bits per heavy atom. The molecule has 27 heavy (non-hydrogen) atoms. The number of carbonyl (C=O) groups is 1. The van der Waals surface area contributed by atoms with Gasteiger partial charge in [0.15, 0.2) is 0 Å². The molecule has 0 atom stereocenters. The lowest BCUT2D eigenvalue weighted by atomic mass is 9.94. The summed E-state index contributed by atoms with van der Waals surface area (Å²) in [5, 5.41) is 4.27. The maximum absolute atomic E-state index is 13.0. The highest BCUT2D eigenvalue weighted by Gasteiger charge is 2.51. The minimum Gasteiger partial charge on any atom is -0.497 e. The van der Waals surface area contributed by atoms with Gasteiger partial charge in [-0.05, 0) is 75.6 Å². The van der Waals surface area contributed by atoms with Crippen molar-refractivity contribution in [2.45, 2.75) is 44.6 Å². The summed E-state index contributed by atoms with van der Waals surface area (Å²) in [7, 11) is 1.65. The van der Waals surface area contributed by atoms with Gasteiger partial charge in [-0.2, -0.15) is 0 Å². The average molecular weight is 362 g/mol. The summed E-state index contributed by atoms with van der Waals surface area (Å²) in [4.78, 5) is 13.0. The fourth-order valence-electron chi connectivity index (χ4n) is 3.75. The van der Waals surface area contributed by atoms with Crippen LogP contribution < -0.4 is 10.1 Å². The van der Waals surface area contributed by atoms with Crippen molar-refractivity contribution < 1.29 is 9.53 Å². The molecule has 4 heteroatoms. The quantitative estimate of drug-likeness (QED) is 0.704. The number of nitrogens with one attached hydrogen (secondary N) is 1. The Morgan fingerprint density at radius 1 is 1.11 bits per heavy atom. The van der Waals surface area contributed by atoms with Crippen LogP contribution in [0.4, 0.5) is 5.69 Å². The van der Waals surface area contributed by atoms with E-state index in [4.69, 9.17) is 4.74 Å². The fraction of sp³-hybridized carbons (Fsp3) is 0.348. The number of hydrogen-bond donors (Lipinski definition) is 1. The van der Waals surface area contributed by atoms with E-state index in [1.54, 1.807) is 7.11 Å². The zero-order valence-electron chi connectivity index (χ0n) is 16.4. The highest BCUT2D eigenvalue weighted by atomic mass is 16.5. The summed E-state index contributed by atoms with van der Waals surface area (Å²) in [5.41, 5.74) is 2.64.